The molecule has 0 radical (unpaired) electrons. The molecule has 0 aromatic carbocycles. The number of carbonyl (C=O) groups is 2. The fourth-order valence-electron chi connectivity index (χ4n) is 3.28. The van der Waals surface area contributed by atoms with Gasteiger partial charge < -0.3 is 14.8 Å². The molecule has 1 amide bonds. The highest BCUT2D eigenvalue weighted by Crippen LogP contribution is 2.32. The Morgan fingerprint density at radius 2 is 2.09 bits per heavy atom. The number of ketones is 1. The van der Waals surface area contributed by atoms with E-state index in [-0.39, 0.29) is 17.7 Å². The molecule has 1 saturated carbocycles. The number of nitrogens with one attached hydrogen (secondary N) is 1. The average molecular weight is 327 g/mol. The van der Waals surface area contributed by atoms with Crippen LogP contribution in [-0.2, 0) is 14.3 Å². The molecule has 3 atom stereocenters. The van der Waals surface area contributed by atoms with E-state index in [0.29, 0.717) is 25.4 Å². The van der Waals surface area contributed by atoms with Crippen LogP contribution in [0.25, 0.3) is 0 Å². The largest absolute Gasteiger partial charge is 0.444 e. The number of alkyl carbamates (subject to hydrolysis) is 1. The van der Waals surface area contributed by atoms with Crippen molar-refractivity contribution < 1.29 is 19.1 Å². The summed E-state index contributed by atoms with van der Waals surface area (Å²) in [7, 11) is 1.63. The van der Waals surface area contributed by atoms with Crippen LogP contribution >= 0.6 is 0 Å². The monoisotopic (exact) mass is 327 g/mol. The van der Waals surface area contributed by atoms with Crippen LogP contribution < -0.4 is 5.32 Å². The summed E-state index contributed by atoms with van der Waals surface area (Å²) >= 11 is 0. The lowest BCUT2D eigenvalue weighted by Gasteiger charge is -2.34. The van der Waals surface area contributed by atoms with Crippen LogP contribution in [0, 0.1) is 11.8 Å². The fraction of sp³-hybridized carbons (Fsp3) is 0.889. The first-order chi connectivity index (χ1) is 10.8. The predicted molar refractivity (Wildman–Crippen MR) is 90.4 cm³/mol. The Morgan fingerprint density at radius 3 is 2.65 bits per heavy atom. The van der Waals surface area contributed by atoms with Gasteiger partial charge in [0.25, 0.3) is 0 Å². The maximum Gasteiger partial charge on any atom is 0.407 e. The minimum absolute atomic E-state index is 0.122. The number of carbonyl (C=O) groups excluding carboxylic acids is 2. The number of amides is 1. The molecule has 5 nitrogen and oxygen atoms in total. The average Bonchev–Trinajstić information content (AvgIpc) is 2.44. The Morgan fingerprint density at radius 1 is 1.39 bits per heavy atom. The molecule has 1 aliphatic rings. The highest BCUT2D eigenvalue weighted by molar-refractivity contribution is 5.83. The molecule has 0 aromatic rings. The Kier molecular flexibility index (Phi) is 8.03. The van der Waals surface area contributed by atoms with Crippen LogP contribution in [0.15, 0.2) is 0 Å². The SMILES string of the molecule is CCCC1CCC(=O)C(C(CCOC)NC(=O)OC(C)(C)C)C1. The van der Waals surface area contributed by atoms with Crippen molar-refractivity contribution in [1.29, 1.82) is 0 Å². The van der Waals surface area contributed by atoms with Crippen molar-refractivity contribution in [2.45, 2.75) is 77.9 Å². The summed E-state index contributed by atoms with van der Waals surface area (Å²) in [5, 5.41) is 2.91. The molecule has 23 heavy (non-hydrogen) atoms. The summed E-state index contributed by atoms with van der Waals surface area (Å²) < 4.78 is 10.5. The quantitative estimate of drug-likeness (QED) is 0.774. The number of Topliss-reactive ketones (excluding diaryl/α,β-unsaturated/α-hetero) is 1. The van der Waals surface area contributed by atoms with Gasteiger partial charge in [0.1, 0.15) is 11.4 Å². The van der Waals surface area contributed by atoms with Gasteiger partial charge in [-0.15, -0.1) is 0 Å². The van der Waals surface area contributed by atoms with Crippen molar-refractivity contribution in [3.63, 3.8) is 0 Å². The van der Waals surface area contributed by atoms with Crippen molar-refractivity contribution in [2.75, 3.05) is 13.7 Å². The summed E-state index contributed by atoms with van der Waals surface area (Å²) in [6, 6.07) is -0.211. The zero-order valence-electron chi connectivity index (χ0n) is 15.3. The summed E-state index contributed by atoms with van der Waals surface area (Å²) in [6.07, 6.45) is 4.91. The normalized spacial score (nSPS) is 23.4. The van der Waals surface area contributed by atoms with E-state index in [4.69, 9.17) is 9.47 Å². The molecule has 0 aromatic heterocycles. The van der Waals surface area contributed by atoms with Gasteiger partial charge in [-0.1, -0.05) is 19.8 Å². The lowest BCUT2D eigenvalue weighted by atomic mass is 9.75. The first-order valence-electron chi connectivity index (χ1n) is 8.78. The van der Waals surface area contributed by atoms with Gasteiger partial charge in [-0.05, 0) is 46.0 Å². The van der Waals surface area contributed by atoms with Gasteiger partial charge in [-0.3, -0.25) is 4.79 Å². The van der Waals surface area contributed by atoms with Crippen molar-refractivity contribution in [3.8, 4) is 0 Å². The molecule has 134 valence electrons. The smallest absolute Gasteiger partial charge is 0.407 e. The van der Waals surface area contributed by atoms with Crippen LogP contribution in [0.3, 0.4) is 0 Å². The predicted octanol–water partition coefficient (Wildman–Crippen LogP) is 3.70. The van der Waals surface area contributed by atoms with Gasteiger partial charge in [-0.25, -0.2) is 4.79 Å². The van der Waals surface area contributed by atoms with Crippen LogP contribution in [0.5, 0.6) is 0 Å². The molecular formula is C18H33NO4. The Balaban J connectivity index is 2.74. The summed E-state index contributed by atoms with van der Waals surface area (Å²) in [4.78, 5) is 24.5. The van der Waals surface area contributed by atoms with E-state index in [0.717, 1.165) is 25.7 Å². The fourth-order valence-corrected chi connectivity index (χ4v) is 3.28. The van der Waals surface area contributed by atoms with E-state index < -0.39 is 11.7 Å². The zero-order chi connectivity index (χ0) is 17.5. The van der Waals surface area contributed by atoms with Crippen LogP contribution in [0.1, 0.15) is 66.2 Å². The van der Waals surface area contributed by atoms with E-state index in [1.165, 1.54) is 0 Å². The molecule has 3 unspecified atom stereocenters. The highest BCUT2D eigenvalue weighted by atomic mass is 16.6. The van der Waals surface area contributed by atoms with Gasteiger partial charge in [0.15, 0.2) is 0 Å². The molecular weight excluding hydrogens is 294 g/mol. The summed E-state index contributed by atoms with van der Waals surface area (Å²) in [5.74, 6) is 0.714. The maximum absolute atomic E-state index is 12.4. The second-order valence-electron chi connectivity index (χ2n) is 7.54. The standard InChI is InChI=1S/C18H33NO4/c1-6-7-13-8-9-16(20)14(12-13)15(10-11-22-5)19-17(21)23-18(2,3)4/h13-15H,6-12H2,1-5H3,(H,19,21). The number of methoxy groups -OCH3 is 1. The summed E-state index contributed by atoms with van der Waals surface area (Å²) in [5.41, 5.74) is -0.544. The molecule has 5 heteroatoms. The Bertz CT molecular complexity index is 389. The van der Waals surface area contributed by atoms with Crippen LogP contribution in [0.4, 0.5) is 4.79 Å². The van der Waals surface area contributed by atoms with Crippen molar-refractivity contribution in [2.24, 2.45) is 11.8 Å². The van der Waals surface area contributed by atoms with E-state index in [2.05, 4.69) is 12.2 Å². The van der Waals surface area contributed by atoms with Gasteiger partial charge in [0.05, 0.1) is 0 Å². The molecule has 1 aliphatic carbocycles. The topological polar surface area (TPSA) is 64.6 Å². The minimum Gasteiger partial charge on any atom is -0.444 e. The van der Waals surface area contributed by atoms with Gasteiger partial charge in [0.2, 0.25) is 0 Å². The molecule has 0 bridgehead atoms. The third-order valence-corrected chi connectivity index (χ3v) is 4.32. The zero-order valence-corrected chi connectivity index (χ0v) is 15.3. The molecule has 1 fully saturated rings. The molecule has 1 N–H and O–H groups in total. The molecule has 0 spiro atoms. The number of hydrogen-bond acceptors (Lipinski definition) is 4. The molecule has 1 rings (SSSR count). The minimum atomic E-state index is -0.544. The van der Waals surface area contributed by atoms with Crippen LogP contribution in [0.2, 0.25) is 0 Å². The highest BCUT2D eigenvalue weighted by Gasteiger charge is 2.35. The Hall–Kier alpha value is -1.10. The lowest BCUT2D eigenvalue weighted by Crippen LogP contribution is -2.47. The van der Waals surface area contributed by atoms with E-state index in [9.17, 15) is 9.59 Å². The number of ether oxygens (including phenoxy) is 2. The summed E-state index contributed by atoms with van der Waals surface area (Å²) in [6.45, 7) is 8.19. The van der Waals surface area contributed by atoms with Gasteiger partial charge in [0, 0.05) is 32.1 Å². The molecule has 0 aliphatic heterocycles. The number of hydrogen-bond donors (Lipinski definition) is 1. The third-order valence-electron chi connectivity index (χ3n) is 4.32. The molecule has 0 heterocycles. The van der Waals surface area contributed by atoms with E-state index in [1.54, 1.807) is 7.11 Å². The van der Waals surface area contributed by atoms with E-state index >= 15 is 0 Å². The third kappa shape index (κ3) is 7.34. The van der Waals surface area contributed by atoms with Gasteiger partial charge in [-0.2, -0.15) is 0 Å². The van der Waals surface area contributed by atoms with Crippen molar-refractivity contribution in [1.82, 2.24) is 5.32 Å². The van der Waals surface area contributed by atoms with Crippen LogP contribution in [-0.4, -0.2) is 37.2 Å². The lowest BCUT2D eigenvalue weighted by molar-refractivity contribution is -0.126. The first kappa shape index (κ1) is 19.9. The molecule has 0 saturated heterocycles. The van der Waals surface area contributed by atoms with Crippen molar-refractivity contribution in [3.05, 3.63) is 0 Å². The maximum atomic E-state index is 12.4. The Labute approximate surface area is 140 Å². The first-order valence-corrected chi connectivity index (χ1v) is 8.78. The van der Waals surface area contributed by atoms with E-state index in [1.807, 2.05) is 20.8 Å². The number of rotatable bonds is 7. The second-order valence-corrected chi connectivity index (χ2v) is 7.54. The second kappa shape index (κ2) is 9.26. The van der Waals surface area contributed by atoms with Gasteiger partial charge >= 0.3 is 6.09 Å². The van der Waals surface area contributed by atoms with Crippen molar-refractivity contribution >= 4 is 11.9 Å².